The molecule has 1 heterocycles. The smallest absolute Gasteiger partial charge is 0.397 e. The molecule has 0 aliphatic carbocycles. The molecule has 3 aromatic rings. The monoisotopic (exact) mass is 311 g/mol. The summed E-state index contributed by atoms with van der Waals surface area (Å²) in [5.74, 6) is 0.652. The minimum atomic E-state index is -0.453. The first-order valence-electron chi connectivity index (χ1n) is 7.42. The zero-order valence-electron chi connectivity index (χ0n) is 13.0. The summed E-state index contributed by atoms with van der Waals surface area (Å²) in [5.41, 5.74) is 1.88. The molecule has 0 spiro atoms. The average Bonchev–Trinajstić information content (AvgIpc) is 2.53. The van der Waals surface area contributed by atoms with Gasteiger partial charge in [-0.1, -0.05) is 30.3 Å². The van der Waals surface area contributed by atoms with Gasteiger partial charge in [-0.3, -0.25) is 0 Å². The minimum Gasteiger partial charge on any atom is -0.489 e. The molecule has 0 saturated carbocycles. The van der Waals surface area contributed by atoms with Crippen LogP contribution in [-0.2, 0) is 6.61 Å². The third kappa shape index (κ3) is 3.34. The van der Waals surface area contributed by atoms with Crippen molar-refractivity contribution in [2.45, 2.75) is 20.5 Å². The number of rotatable bonds is 5. The molecule has 1 aromatic heterocycles. The van der Waals surface area contributed by atoms with Crippen LogP contribution in [0.15, 0.2) is 51.7 Å². The standard InChI is InChI=1S/C18H17NO4/c1-3-21-18-19-15-10-14(9-12(2)16(15)17(20)23-18)22-11-13-7-5-4-6-8-13/h4-10H,3,11H2,1-2H3. The maximum Gasteiger partial charge on any atom is 0.397 e. The highest BCUT2D eigenvalue weighted by Gasteiger charge is 2.11. The van der Waals surface area contributed by atoms with Crippen LogP contribution in [0.5, 0.6) is 11.8 Å². The van der Waals surface area contributed by atoms with E-state index in [9.17, 15) is 4.79 Å². The van der Waals surface area contributed by atoms with E-state index in [1.54, 1.807) is 13.0 Å². The summed E-state index contributed by atoms with van der Waals surface area (Å²) >= 11 is 0. The van der Waals surface area contributed by atoms with Crippen LogP contribution >= 0.6 is 0 Å². The zero-order valence-corrected chi connectivity index (χ0v) is 13.0. The highest BCUT2D eigenvalue weighted by Crippen LogP contribution is 2.24. The van der Waals surface area contributed by atoms with Gasteiger partial charge in [0.25, 0.3) is 0 Å². The number of hydrogen-bond acceptors (Lipinski definition) is 5. The zero-order chi connectivity index (χ0) is 16.2. The molecule has 3 rings (SSSR count). The van der Waals surface area contributed by atoms with Crippen molar-refractivity contribution >= 4 is 10.9 Å². The first kappa shape index (κ1) is 15.1. The number of ether oxygens (including phenoxy) is 2. The summed E-state index contributed by atoms with van der Waals surface area (Å²) in [4.78, 5) is 16.3. The molecule has 2 aromatic carbocycles. The number of aryl methyl sites for hydroxylation is 1. The Balaban J connectivity index is 1.94. The van der Waals surface area contributed by atoms with Gasteiger partial charge >= 0.3 is 11.7 Å². The Labute approximate surface area is 133 Å². The normalized spacial score (nSPS) is 10.7. The van der Waals surface area contributed by atoms with Gasteiger partial charge in [-0.15, -0.1) is 0 Å². The van der Waals surface area contributed by atoms with Crippen molar-refractivity contribution in [2.75, 3.05) is 6.61 Å². The summed E-state index contributed by atoms with van der Waals surface area (Å²) in [6, 6.07) is 13.4. The van der Waals surface area contributed by atoms with E-state index in [0.29, 0.717) is 29.9 Å². The van der Waals surface area contributed by atoms with Gasteiger partial charge in [0.15, 0.2) is 0 Å². The second kappa shape index (κ2) is 6.52. The molecule has 0 radical (unpaired) electrons. The molecule has 5 heteroatoms. The van der Waals surface area contributed by atoms with E-state index in [0.717, 1.165) is 11.1 Å². The highest BCUT2D eigenvalue weighted by atomic mass is 16.6. The molecule has 0 N–H and O–H groups in total. The predicted octanol–water partition coefficient (Wildman–Crippen LogP) is 3.47. The molecule has 23 heavy (non-hydrogen) atoms. The van der Waals surface area contributed by atoms with Crippen LogP contribution in [0.25, 0.3) is 10.9 Å². The van der Waals surface area contributed by atoms with Crippen molar-refractivity contribution < 1.29 is 13.9 Å². The van der Waals surface area contributed by atoms with E-state index in [4.69, 9.17) is 13.9 Å². The molecular weight excluding hydrogens is 294 g/mol. The first-order valence-corrected chi connectivity index (χ1v) is 7.42. The molecule has 0 bridgehead atoms. The quantitative estimate of drug-likeness (QED) is 0.722. The topological polar surface area (TPSA) is 61.6 Å². The predicted molar refractivity (Wildman–Crippen MR) is 87.0 cm³/mol. The number of hydrogen-bond donors (Lipinski definition) is 0. The number of benzene rings is 2. The molecular formula is C18H17NO4. The second-order valence-electron chi connectivity index (χ2n) is 5.11. The van der Waals surface area contributed by atoms with E-state index in [2.05, 4.69) is 4.98 Å². The third-order valence-electron chi connectivity index (χ3n) is 3.40. The SMILES string of the molecule is CCOc1nc2cc(OCc3ccccc3)cc(C)c2c(=O)o1. The van der Waals surface area contributed by atoms with Crippen molar-refractivity contribution in [1.29, 1.82) is 0 Å². The molecule has 0 aliphatic heterocycles. The van der Waals surface area contributed by atoms with Crippen molar-refractivity contribution in [3.05, 3.63) is 64.0 Å². The van der Waals surface area contributed by atoms with Gasteiger partial charge in [-0.05, 0) is 31.0 Å². The fourth-order valence-electron chi connectivity index (χ4n) is 2.35. The minimum absolute atomic E-state index is 0.0235. The Morgan fingerprint density at radius 2 is 1.91 bits per heavy atom. The Hall–Kier alpha value is -2.82. The molecule has 0 saturated heterocycles. The molecule has 0 fully saturated rings. The summed E-state index contributed by atoms with van der Waals surface area (Å²) in [6.45, 7) is 4.46. The van der Waals surface area contributed by atoms with E-state index < -0.39 is 5.63 Å². The van der Waals surface area contributed by atoms with Gasteiger partial charge < -0.3 is 13.9 Å². The fourth-order valence-corrected chi connectivity index (χ4v) is 2.35. The van der Waals surface area contributed by atoms with Gasteiger partial charge in [-0.2, -0.15) is 4.98 Å². The lowest BCUT2D eigenvalue weighted by atomic mass is 10.1. The van der Waals surface area contributed by atoms with Crippen LogP contribution in [0, 0.1) is 6.92 Å². The van der Waals surface area contributed by atoms with Crippen LogP contribution in [0.2, 0.25) is 0 Å². The summed E-state index contributed by atoms with van der Waals surface area (Å²) in [6.07, 6.45) is -0.0235. The Kier molecular flexibility index (Phi) is 4.28. The van der Waals surface area contributed by atoms with Crippen LogP contribution in [-0.4, -0.2) is 11.6 Å². The van der Waals surface area contributed by atoms with Gasteiger partial charge in [0.1, 0.15) is 12.4 Å². The lowest BCUT2D eigenvalue weighted by Gasteiger charge is -2.09. The Morgan fingerprint density at radius 1 is 1.13 bits per heavy atom. The van der Waals surface area contributed by atoms with Gasteiger partial charge in [0.2, 0.25) is 0 Å². The maximum absolute atomic E-state index is 12.1. The largest absolute Gasteiger partial charge is 0.489 e. The molecule has 0 unspecified atom stereocenters. The lowest BCUT2D eigenvalue weighted by Crippen LogP contribution is -2.07. The molecule has 0 aliphatic rings. The maximum atomic E-state index is 12.1. The summed E-state index contributed by atoms with van der Waals surface area (Å²) in [7, 11) is 0. The lowest BCUT2D eigenvalue weighted by molar-refractivity contribution is 0.229. The second-order valence-corrected chi connectivity index (χ2v) is 5.11. The van der Waals surface area contributed by atoms with Crippen LogP contribution < -0.4 is 15.1 Å². The van der Waals surface area contributed by atoms with Gasteiger partial charge in [-0.25, -0.2) is 4.79 Å². The van der Waals surface area contributed by atoms with E-state index in [-0.39, 0.29) is 6.08 Å². The molecule has 118 valence electrons. The van der Waals surface area contributed by atoms with E-state index >= 15 is 0 Å². The highest BCUT2D eigenvalue weighted by molar-refractivity contribution is 5.82. The fraction of sp³-hybridized carbons (Fsp3) is 0.222. The van der Waals surface area contributed by atoms with Crippen molar-refractivity contribution in [3.8, 4) is 11.8 Å². The molecule has 5 nitrogen and oxygen atoms in total. The molecule has 0 amide bonds. The summed E-state index contributed by atoms with van der Waals surface area (Å²) in [5, 5.41) is 0.445. The van der Waals surface area contributed by atoms with Crippen molar-refractivity contribution in [2.24, 2.45) is 0 Å². The average molecular weight is 311 g/mol. The summed E-state index contributed by atoms with van der Waals surface area (Å²) < 4.78 is 16.0. The Morgan fingerprint density at radius 3 is 2.65 bits per heavy atom. The Bertz CT molecular complexity index is 871. The van der Waals surface area contributed by atoms with Gasteiger partial charge in [0.05, 0.1) is 17.5 Å². The van der Waals surface area contributed by atoms with E-state index in [1.165, 1.54) is 0 Å². The van der Waals surface area contributed by atoms with Gasteiger partial charge in [0, 0.05) is 6.07 Å². The van der Waals surface area contributed by atoms with Crippen molar-refractivity contribution in [3.63, 3.8) is 0 Å². The van der Waals surface area contributed by atoms with Crippen LogP contribution in [0.4, 0.5) is 0 Å². The number of fused-ring (bicyclic) bond motifs is 1. The number of nitrogens with zero attached hydrogens (tertiary/aromatic N) is 1. The molecule has 0 atom stereocenters. The first-order chi connectivity index (χ1) is 11.2. The van der Waals surface area contributed by atoms with Crippen molar-refractivity contribution in [1.82, 2.24) is 4.98 Å². The van der Waals surface area contributed by atoms with E-state index in [1.807, 2.05) is 43.3 Å². The van der Waals surface area contributed by atoms with Crippen LogP contribution in [0.1, 0.15) is 18.1 Å². The van der Waals surface area contributed by atoms with Crippen LogP contribution in [0.3, 0.4) is 0 Å². The number of aromatic nitrogens is 1. The third-order valence-corrected chi connectivity index (χ3v) is 3.40.